The molecule has 4 nitrogen and oxygen atoms in total. The molecule has 78 heavy (non-hydrogen) atoms. The Morgan fingerprint density at radius 1 is 0.282 bits per heavy atom. The smallest absolute Gasteiger partial charge is 0.179 e. The lowest BCUT2D eigenvalue weighted by atomic mass is 9.95. The third-order valence-corrected chi connectivity index (χ3v) is 20.4. The summed E-state index contributed by atoms with van der Waals surface area (Å²) >= 11 is 0. The summed E-state index contributed by atoms with van der Waals surface area (Å²) in [5, 5.41) is 7.62. The van der Waals surface area contributed by atoms with Crippen LogP contribution in [0.4, 0.5) is 0 Å². The standard InChI is InChI=1S/C73H56N4Si/c1-49-33-38-63(51(3)43-49)56-35-41-69-66(46-56)67-47-57(64-39-34-50(2)44-52(64)4)36-42-70(67)77(69)58-37-40-65(68(48-58)73-75-71(53-21-10-5-11-22-53)74-72(76-73)54-23-12-6-13-24-54)55-25-20-32-62(45-55)78(59-26-14-7-15-27-59,60-28-16-8-17-29-60)61-30-18-9-19-31-61/h5-48H,1-4H3. The molecule has 11 aromatic carbocycles. The van der Waals surface area contributed by atoms with Crippen molar-refractivity contribution in [2.75, 3.05) is 0 Å². The third kappa shape index (κ3) is 8.64. The first-order valence-corrected chi connectivity index (χ1v) is 28.8. The number of nitrogens with zero attached hydrogens (tertiary/aromatic N) is 4. The zero-order valence-corrected chi connectivity index (χ0v) is 45.2. The molecule has 13 rings (SSSR count). The lowest BCUT2D eigenvalue weighted by Gasteiger charge is -2.34. The Kier molecular flexibility index (Phi) is 12.5. The molecule has 0 amide bonds. The van der Waals surface area contributed by atoms with Gasteiger partial charge in [-0.2, -0.15) is 0 Å². The van der Waals surface area contributed by atoms with Crippen LogP contribution in [0, 0.1) is 27.7 Å². The lowest BCUT2D eigenvalue weighted by Crippen LogP contribution is -2.74. The topological polar surface area (TPSA) is 43.6 Å². The average molecular weight is 1020 g/mol. The van der Waals surface area contributed by atoms with Crippen LogP contribution in [0.5, 0.6) is 0 Å². The summed E-state index contributed by atoms with van der Waals surface area (Å²) in [7, 11) is -2.90. The predicted octanol–water partition coefficient (Wildman–Crippen LogP) is 15.6. The molecule has 0 radical (unpaired) electrons. The maximum Gasteiger partial charge on any atom is 0.179 e. The van der Waals surface area contributed by atoms with Gasteiger partial charge in [0.15, 0.2) is 25.5 Å². The fourth-order valence-corrected chi connectivity index (χ4v) is 16.7. The van der Waals surface area contributed by atoms with Gasteiger partial charge in [-0.05, 0) is 129 Å². The van der Waals surface area contributed by atoms with Crippen molar-refractivity contribution in [3.63, 3.8) is 0 Å². The van der Waals surface area contributed by atoms with Crippen LogP contribution in [0.2, 0.25) is 0 Å². The first-order chi connectivity index (χ1) is 38.3. The van der Waals surface area contributed by atoms with Gasteiger partial charge >= 0.3 is 0 Å². The molecule has 372 valence electrons. The molecule has 5 heteroatoms. The molecular weight excluding hydrogens is 961 g/mol. The molecule has 0 aliphatic rings. The Hall–Kier alpha value is -9.55. The van der Waals surface area contributed by atoms with E-state index in [1.165, 1.54) is 76.0 Å². The van der Waals surface area contributed by atoms with Crippen LogP contribution in [0.3, 0.4) is 0 Å². The summed E-state index contributed by atoms with van der Waals surface area (Å²) in [4.78, 5) is 16.1. The SMILES string of the molecule is Cc1ccc(-c2ccc3c(c2)c2cc(-c4ccc(C)cc4C)ccc2n3-c2ccc(-c3cccc([Si](c4ccccc4)(c4ccccc4)c4ccccc4)c3)c(-c3nc(-c4ccccc4)nc(-c4ccccc4)n3)c2)c(C)c1. The predicted molar refractivity (Wildman–Crippen MR) is 329 cm³/mol. The Balaban J connectivity index is 1.09. The first kappa shape index (κ1) is 48.1. The summed E-state index contributed by atoms with van der Waals surface area (Å²) in [5.41, 5.74) is 18.0. The summed E-state index contributed by atoms with van der Waals surface area (Å²) in [6, 6.07) is 97.6. The van der Waals surface area contributed by atoms with Crippen molar-refractivity contribution in [2.24, 2.45) is 0 Å². The highest BCUT2D eigenvalue weighted by molar-refractivity contribution is 7.19. The van der Waals surface area contributed by atoms with Crippen LogP contribution >= 0.6 is 0 Å². The summed E-state index contributed by atoms with van der Waals surface area (Å²) in [5.74, 6) is 1.82. The van der Waals surface area contributed by atoms with Crippen molar-refractivity contribution in [2.45, 2.75) is 27.7 Å². The maximum atomic E-state index is 5.44. The van der Waals surface area contributed by atoms with Gasteiger partial charge in [0.1, 0.15) is 0 Å². The third-order valence-electron chi connectivity index (χ3n) is 15.6. The van der Waals surface area contributed by atoms with E-state index >= 15 is 0 Å². The number of hydrogen-bond donors (Lipinski definition) is 0. The summed E-state index contributed by atoms with van der Waals surface area (Å²) < 4.78 is 2.43. The molecule has 2 aromatic heterocycles. The van der Waals surface area contributed by atoms with Crippen molar-refractivity contribution >= 4 is 50.6 Å². The Bertz CT molecular complexity index is 4080. The first-order valence-electron chi connectivity index (χ1n) is 26.8. The molecule has 13 aromatic rings. The van der Waals surface area contributed by atoms with Crippen molar-refractivity contribution in [3.05, 3.63) is 289 Å². The van der Waals surface area contributed by atoms with Crippen LogP contribution < -0.4 is 20.7 Å². The summed E-state index contributed by atoms with van der Waals surface area (Å²) in [6.45, 7) is 8.76. The molecule has 0 aliphatic carbocycles. The van der Waals surface area contributed by atoms with E-state index < -0.39 is 8.07 Å². The molecular formula is C73H56N4Si. The zero-order chi connectivity index (χ0) is 52.7. The Labute approximate surface area is 457 Å². The van der Waals surface area contributed by atoms with E-state index in [9.17, 15) is 0 Å². The molecule has 0 unspecified atom stereocenters. The Morgan fingerprint density at radius 2 is 0.679 bits per heavy atom. The molecule has 0 bridgehead atoms. The highest BCUT2D eigenvalue weighted by atomic mass is 28.3. The van der Waals surface area contributed by atoms with Gasteiger partial charge in [0.2, 0.25) is 0 Å². The van der Waals surface area contributed by atoms with E-state index in [0.29, 0.717) is 17.5 Å². The van der Waals surface area contributed by atoms with Crippen molar-refractivity contribution in [1.82, 2.24) is 19.5 Å². The van der Waals surface area contributed by atoms with Gasteiger partial charge in [0.25, 0.3) is 0 Å². The quantitative estimate of drug-likeness (QED) is 0.0958. The van der Waals surface area contributed by atoms with Crippen LogP contribution in [-0.2, 0) is 0 Å². The van der Waals surface area contributed by atoms with Gasteiger partial charge in [-0.3, -0.25) is 0 Å². The monoisotopic (exact) mass is 1020 g/mol. The highest BCUT2D eigenvalue weighted by Crippen LogP contribution is 2.41. The van der Waals surface area contributed by atoms with E-state index in [-0.39, 0.29) is 0 Å². The number of hydrogen-bond acceptors (Lipinski definition) is 3. The zero-order valence-electron chi connectivity index (χ0n) is 44.2. The largest absolute Gasteiger partial charge is 0.309 e. The van der Waals surface area contributed by atoms with E-state index in [1.54, 1.807) is 0 Å². The van der Waals surface area contributed by atoms with Crippen molar-refractivity contribution in [3.8, 4) is 73.2 Å². The van der Waals surface area contributed by atoms with E-state index in [0.717, 1.165) is 44.5 Å². The van der Waals surface area contributed by atoms with Gasteiger partial charge in [-0.1, -0.05) is 242 Å². The Morgan fingerprint density at radius 3 is 1.14 bits per heavy atom. The van der Waals surface area contributed by atoms with Gasteiger partial charge in [-0.25, -0.2) is 15.0 Å². The van der Waals surface area contributed by atoms with E-state index in [2.05, 4.69) is 263 Å². The number of benzene rings is 11. The number of aromatic nitrogens is 4. The van der Waals surface area contributed by atoms with Crippen molar-refractivity contribution in [1.29, 1.82) is 0 Å². The second-order valence-electron chi connectivity index (χ2n) is 20.6. The van der Waals surface area contributed by atoms with E-state index in [4.69, 9.17) is 15.0 Å². The van der Waals surface area contributed by atoms with Crippen molar-refractivity contribution < 1.29 is 0 Å². The van der Waals surface area contributed by atoms with E-state index in [1.807, 2.05) is 36.4 Å². The summed E-state index contributed by atoms with van der Waals surface area (Å²) in [6.07, 6.45) is 0. The van der Waals surface area contributed by atoms with Crippen LogP contribution in [0.15, 0.2) is 267 Å². The minimum Gasteiger partial charge on any atom is -0.309 e. The van der Waals surface area contributed by atoms with Gasteiger partial charge < -0.3 is 4.57 Å². The second kappa shape index (κ2) is 20.2. The molecule has 0 spiro atoms. The number of aryl methyl sites for hydroxylation is 4. The van der Waals surface area contributed by atoms with Gasteiger partial charge in [-0.15, -0.1) is 0 Å². The van der Waals surface area contributed by atoms with Crippen LogP contribution in [0.25, 0.3) is 95.0 Å². The van der Waals surface area contributed by atoms with Gasteiger partial charge in [0.05, 0.1) is 11.0 Å². The lowest BCUT2D eigenvalue weighted by molar-refractivity contribution is 1.07. The molecule has 0 saturated heterocycles. The molecule has 2 heterocycles. The normalized spacial score (nSPS) is 11.6. The highest BCUT2D eigenvalue weighted by Gasteiger charge is 2.41. The molecule has 0 N–H and O–H groups in total. The maximum absolute atomic E-state index is 5.44. The fraction of sp³-hybridized carbons (Fsp3) is 0.0548. The number of rotatable bonds is 11. The van der Waals surface area contributed by atoms with Crippen LogP contribution in [0.1, 0.15) is 22.3 Å². The second-order valence-corrected chi connectivity index (χ2v) is 24.4. The van der Waals surface area contributed by atoms with Gasteiger partial charge in [0, 0.05) is 33.2 Å². The minimum absolute atomic E-state index is 0.595. The molecule has 0 atom stereocenters. The average Bonchev–Trinajstić information content (AvgIpc) is 3.91. The molecule has 0 fully saturated rings. The minimum atomic E-state index is -2.90. The van der Waals surface area contributed by atoms with Crippen LogP contribution in [-0.4, -0.2) is 27.6 Å². The fourth-order valence-electron chi connectivity index (χ4n) is 11.9. The number of fused-ring (bicyclic) bond motifs is 3. The molecule has 0 saturated carbocycles. The molecule has 0 aliphatic heterocycles.